The average molecular weight is 386 g/mol. The Balaban J connectivity index is 2.74. The van der Waals surface area contributed by atoms with E-state index in [9.17, 15) is 4.79 Å². The quantitative estimate of drug-likeness (QED) is 0.405. The van der Waals surface area contributed by atoms with Gasteiger partial charge in [-0.15, -0.1) is 11.3 Å². The second-order valence-electron chi connectivity index (χ2n) is 7.80. The Bertz CT molecular complexity index is 733. The van der Waals surface area contributed by atoms with Crippen molar-refractivity contribution < 1.29 is 9.22 Å². The smallest absolute Gasteiger partial charge is 0.341 e. The summed E-state index contributed by atoms with van der Waals surface area (Å²) in [7, 11) is 3.29. The Morgan fingerprint density at radius 1 is 1.04 bits per heavy atom. The fourth-order valence-electron chi connectivity index (χ4n) is 3.69. The van der Waals surface area contributed by atoms with Crippen molar-refractivity contribution in [2.75, 3.05) is 0 Å². The van der Waals surface area contributed by atoms with E-state index in [4.69, 9.17) is 4.43 Å². The van der Waals surface area contributed by atoms with Crippen LogP contribution in [-0.4, -0.2) is 16.8 Å². The maximum Gasteiger partial charge on any atom is 0.341 e. The van der Waals surface area contributed by atoms with Gasteiger partial charge in [-0.1, -0.05) is 53.7 Å². The molecule has 0 saturated heterocycles. The van der Waals surface area contributed by atoms with Crippen molar-refractivity contribution in [2.45, 2.75) is 71.6 Å². The van der Waals surface area contributed by atoms with E-state index in [1.807, 2.05) is 6.07 Å². The van der Waals surface area contributed by atoms with Crippen LogP contribution in [0.4, 0.5) is 0 Å². The molecule has 0 saturated carbocycles. The van der Waals surface area contributed by atoms with Crippen molar-refractivity contribution in [3.63, 3.8) is 0 Å². The Hall–Kier alpha value is -1.39. The van der Waals surface area contributed by atoms with E-state index >= 15 is 0 Å². The van der Waals surface area contributed by atoms with Gasteiger partial charge in [0.2, 0.25) is 0 Å². The molecule has 2 nitrogen and oxygen atoms in total. The van der Waals surface area contributed by atoms with Gasteiger partial charge in [-0.05, 0) is 57.9 Å². The minimum absolute atomic E-state index is 0.134. The first-order valence-corrected chi connectivity index (χ1v) is 10.6. The molecular weight excluding hydrogens is 356 g/mol. The molecule has 0 fully saturated rings. The van der Waals surface area contributed by atoms with Crippen LogP contribution in [0.3, 0.4) is 0 Å². The summed E-state index contributed by atoms with van der Waals surface area (Å²) in [5.41, 5.74) is 4.78. The molecule has 2 aromatic rings. The monoisotopic (exact) mass is 385 g/mol. The zero-order valence-corrected chi connectivity index (χ0v) is 18.4. The minimum atomic E-state index is -0.134. The molecule has 1 unspecified atom stereocenters. The highest BCUT2D eigenvalue weighted by molar-refractivity contribution is 7.09. The first-order chi connectivity index (χ1) is 12.3. The van der Waals surface area contributed by atoms with Crippen LogP contribution < -0.4 is 4.43 Å². The molecule has 1 aromatic carbocycles. The van der Waals surface area contributed by atoms with Gasteiger partial charge >= 0.3 is 10.5 Å². The van der Waals surface area contributed by atoms with Crippen LogP contribution >= 0.6 is 11.3 Å². The van der Waals surface area contributed by atoms with E-state index in [1.165, 1.54) is 16.0 Å². The normalized spacial score (nSPS) is 12.8. The van der Waals surface area contributed by atoms with Crippen molar-refractivity contribution in [1.82, 2.24) is 0 Å². The van der Waals surface area contributed by atoms with E-state index < -0.39 is 0 Å². The zero-order chi connectivity index (χ0) is 19.4. The summed E-state index contributed by atoms with van der Waals surface area (Å²) >= 11 is 1.71. The lowest BCUT2D eigenvalue weighted by atomic mass is 9.78. The molecule has 0 bridgehead atoms. The molecule has 139 valence electrons. The van der Waals surface area contributed by atoms with Gasteiger partial charge in [-0.2, -0.15) is 0 Å². The first-order valence-electron chi connectivity index (χ1n) is 9.33. The lowest BCUT2D eigenvalue weighted by Gasteiger charge is -2.29. The molecule has 1 heterocycles. The Morgan fingerprint density at radius 3 is 2.12 bits per heavy atom. The van der Waals surface area contributed by atoms with Gasteiger partial charge in [0.1, 0.15) is 12.0 Å². The van der Waals surface area contributed by atoms with Crippen LogP contribution in [0.2, 0.25) is 0 Å². The molecule has 0 amide bonds. The summed E-state index contributed by atoms with van der Waals surface area (Å²) in [5.74, 6) is 1.72. The molecule has 1 atom stereocenters. The zero-order valence-electron chi connectivity index (χ0n) is 16.6. The highest BCUT2D eigenvalue weighted by Gasteiger charge is 2.27. The maximum atomic E-state index is 12.1. The molecule has 3 radical (unpaired) electrons. The predicted molar refractivity (Wildman–Crippen MR) is 112 cm³/mol. The fraction of sp³-hybridized carbons (Fsp3) is 0.500. The summed E-state index contributed by atoms with van der Waals surface area (Å²) in [6.45, 7) is 13.1. The molecule has 0 spiro atoms. The number of thiophene rings is 1. The summed E-state index contributed by atoms with van der Waals surface area (Å²) < 4.78 is 5.68. The highest BCUT2D eigenvalue weighted by atomic mass is 32.1. The van der Waals surface area contributed by atoms with Crippen LogP contribution in [-0.2, 0) is 11.2 Å². The van der Waals surface area contributed by atoms with E-state index in [-0.39, 0.29) is 5.92 Å². The molecule has 2 rings (SSSR count). The molecule has 0 aliphatic heterocycles. The average Bonchev–Trinajstić information content (AvgIpc) is 3.10. The standard InChI is InChI=1S/C22H29O2SSi/c1-13(2)18-11-19(16(12-23)10-17-8-7-9-25-17)20(14(3)4)21(15(5)6)22(18)24-26/h7-9,11-16H,10H2,1-6H3. The lowest BCUT2D eigenvalue weighted by Crippen LogP contribution is -2.15. The second-order valence-corrected chi connectivity index (χ2v) is 9.04. The summed E-state index contributed by atoms with van der Waals surface area (Å²) in [5, 5.41) is 2.07. The summed E-state index contributed by atoms with van der Waals surface area (Å²) in [6, 6.07) is 6.36. The van der Waals surface area contributed by atoms with Crippen molar-refractivity contribution in [3.05, 3.63) is 50.7 Å². The van der Waals surface area contributed by atoms with E-state index in [0.29, 0.717) is 17.8 Å². The number of benzene rings is 1. The Labute approximate surface area is 165 Å². The molecule has 1 aromatic heterocycles. The second kappa shape index (κ2) is 9.00. The van der Waals surface area contributed by atoms with E-state index in [2.05, 4.69) is 69.5 Å². The number of carbonyl (C=O) groups excluding carboxylic acids is 1. The van der Waals surface area contributed by atoms with Crippen molar-refractivity contribution >= 4 is 28.1 Å². The largest absolute Gasteiger partial charge is 0.540 e. The molecule has 0 N–H and O–H groups in total. The van der Waals surface area contributed by atoms with Gasteiger partial charge in [0.05, 0.1) is 0 Å². The van der Waals surface area contributed by atoms with Crippen molar-refractivity contribution in [3.8, 4) is 5.75 Å². The number of hydrogen-bond donors (Lipinski definition) is 0. The van der Waals surface area contributed by atoms with E-state index in [1.54, 1.807) is 11.3 Å². The van der Waals surface area contributed by atoms with Crippen LogP contribution in [0.5, 0.6) is 5.75 Å². The Morgan fingerprint density at radius 2 is 1.69 bits per heavy atom. The number of carbonyl (C=O) groups is 1. The highest BCUT2D eigenvalue weighted by Crippen LogP contribution is 2.44. The van der Waals surface area contributed by atoms with Gasteiger partial charge < -0.3 is 9.22 Å². The van der Waals surface area contributed by atoms with Crippen LogP contribution in [0.15, 0.2) is 23.6 Å². The summed E-state index contributed by atoms with van der Waals surface area (Å²) in [4.78, 5) is 13.3. The number of aldehydes is 1. The molecule has 26 heavy (non-hydrogen) atoms. The maximum absolute atomic E-state index is 12.1. The van der Waals surface area contributed by atoms with Gasteiger partial charge in [-0.25, -0.2) is 0 Å². The molecular formula is C22H29O2SSi. The van der Waals surface area contributed by atoms with Gasteiger partial charge in [0, 0.05) is 10.8 Å². The third-order valence-electron chi connectivity index (χ3n) is 4.86. The number of hydrogen-bond acceptors (Lipinski definition) is 3. The molecule has 0 aliphatic rings. The van der Waals surface area contributed by atoms with E-state index in [0.717, 1.165) is 29.6 Å². The third-order valence-corrected chi connectivity index (χ3v) is 5.97. The van der Waals surface area contributed by atoms with Crippen LogP contribution in [0, 0.1) is 0 Å². The van der Waals surface area contributed by atoms with Gasteiger partial charge in [0.25, 0.3) is 0 Å². The Kier molecular flexibility index (Phi) is 7.24. The third kappa shape index (κ3) is 4.29. The van der Waals surface area contributed by atoms with Gasteiger partial charge in [0.15, 0.2) is 0 Å². The topological polar surface area (TPSA) is 26.3 Å². The summed E-state index contributed by atoms with van der Waals surface area (Å²) in [6.07, 6.45) is 1.87. The van der Waals surface area contributed by atoms with Gasteiger partial charge in [-0.3, -0.25) is 0 Å². The molecule has 4 heteroatoms. The first kappa shape index (κ1) is 20.9. The van der Waals surface area contributed by atoms with Crippen LogP contribution in [0.1, 0.15) is 92.3 Å². The SMILES string of the molecule is CC(C)c1cc(C(C=O)Cc2cccs2)c(C(C)C)c(C(C)C)c1O[Si]. The minimum Gasteiger partial charge on any atom is -0.540 e. The molecule has 0 aliphatic carbocycles. The predicted octanol–water partition coefficient (Wildman–Crippen LogP) is 6.11. The lowest BCUT2D eigenvalue weighted by molar-refractivity contribution is -0.109. The van der Waals surface area contributed by atoms with Crippen molar-refractivity contribution in [2.24, 2.45) is 0 Å². The number of rotatable bonds is 8. The van der Waals surface area contributed by atoms with Crippen molar-refractivity contribution in [1.29, 1.82) is 0 Å². The van der Waals surface area contributed by atoms with Crippen LogP contribution in [0.25, 0.3) is 0 Å². The fourth-order valence-corrected chi connectivity index (χ4v) is 4.68.